The molecule has 3 aromatic rings. The summed E-state index contributed by atoms with van der Waals surface area (Å²) in [5.74, 6) is 0.316. The number of hydrogen-bond donors (Lipinski definition) is 3. The fraction of sp³-hybridized carbons (Fsp3) is 0.235. The fourth-order valence-electron chi connectivity index (χ4n) is 2.60. The lowest BCUT2D eigenvalue weighted by Crippen LogP contribution is -2.43. The Morgan fingerprint density at radius 3 is 2.59 bits per heavy atom. The molecule has 7 nitrogen and oxygen atoms in total. The molecule has 2 unspecified atom stereocenters. The SMILES string of the molecule is Cc1ccc(C(O)(C(O)F)C(F)F)cc1-c1cnc(N)c(-n2cccn2)n1. The first-order valence-corrected chi connectivity index (χ1v) is 7.81. The molecule has 0 aliphatic carbocycles. The van der Waals surface area contributed by atoms with E-state index in [1.165, 1.54) is 23.1 Å². The zero-order chi connectivity index (χ0) is 19.8. The van der Waals surface area contributed by atoms with Crippen LogP contribution in [0.3, 0.4) is 0 Å². The molecule has 0 spiro atoms. The average Bonchev–Trinajstić information content (AvgIpc) is 3.16. The smallest absolute Gasteiger partial charge is 0.276 e. The largest absolute Gasteiger partial charge is 0.381 e. The second-order valence-corrected chi connectivity index (χ2v) is 5.91. The number of nitrogen functional groups attached to an aromatic ring is 1. The van der Waals surface area contributed by atoms with Gasteiger partial charge in [0, 0.05) is 18.0 Å². The highest BCUT2D eigenvalue weighted by Crippen LogP contribution is 2.36. The molecule has 0 radical (unpaired) electrons. The van der Waals surface area contributed by atoms with Crippen LogP contribution in [0.4, 0.5) is 19.0 Å². The molecule has 0 fully saturated rings. The van der Waals surface area contributed by atoms with Gasteiger partial charge in [-0.2, -0.15) is 5.10 Å². The molecule has 0 aliphatic heterocycles. The van der Waals surface area contributed by atoms with Crippen molar-refractivity contribution in [3.05, 3.63) is 54.0 Å². The van der Waals surface area contributed by atoms with Gasteiger partial charge in [0.2, 0.25) is 12.0 Å². The van der Waals surface area contributed by atoms with Gasteiger partial charge in [-0.05, 0) is 30.2 Å². The maximum absolute atomic E-state index is 13.4. The first-order valence-electron chi connectivity index (χ1n) is 7.81. The van der Waals surface area contributed by atoms with Crippen molar-refractivity contribution in [3.8, 4) is 17.1 Å². The van der Waals surface area contributed by atoms with E-state index in [1.807, 2.05) is 0 Å². The maximum atomic E-state index is 13.4. The normalized spacial score (nSPS) is 14.9. The summed E-state index contributed by atoms with van der Waals surface area (Å²) in [6.45, 7) is 1.68. The Balaban J connectivity index is 2.15. The van der Waals surface area contributed by atoms with E-state index in [1.54, 1.807) is 19.2 Å². The van der Waals surface area contributed by atoms with Crippen LogP contribution >= 0.6 is 0 Å². The minimum atomic E-state index is -3.55. The predicted octanol–water partition coefficient (Wildman–Crippen LogP) is 1.96. The Kier molecular flexibility index (Phi) is 4.85. The van der Waals surface area contributed by atoms with Crippen molar-refractivity contribution in [2.45, 2.75) is 25.3 Å². The number of halogens is 3. The summed E-state index contributed by atoms with van der Waals surface area (Å²) in [6.07, 6.45) is -2.29. The fourth-order valence-corrected chi connectivity index (χ4v) is 2.60. The molecule has 142 valence electrons. The van der Waals surface area contributed by atoms with Gasteiger partial charge in [-0.1, -0.05) is 12.1 Å². The quantitative estimate of drug-likeness (QED) is 0.625. The molecule has 27 heavy (non-hydrogen) atoms. The van der Waals surface area contributed by atoms with Gasteiger partial charge in [0.15, 0.2) is 11.6 Å². The number of aryl methyl sites for hydroxylation is 1. The van der Waals surface area contributed by atoms with Crippen LogP contribution in [0.15, 0.2) is 42.9 Å². The second-order valence-electron chi connectivity index (χ2n) is 5.91. The molecule has 1 aromatic carbocycles. The molecule has 2 heterocycles. The number of aliphatic hydroxyl groups is 2. The summed E-state index contributed by atoms with van der Waals surface area (Å²) < 4.78 is 41.3. The lowest BCUT2D eigenvalue weighted by atomic mass is 9.90. The Labute approximate surface area is 151 Å². The zero-order valence-electron chi connectivity index (χ0n) is 14.1. The number of nitrogens with zero attached hydrogens (tertiary/aromatic N) is 4. The molecule has 0 bridgehead atoms. The maximum Gasteiger partial charge on any atom is 0.276 e. The number of aromatic nitrogens is 4. The third-order valence-corrected chi connectivity index (χ3v) is 4.17. The van der Waals surface area contributed by atoms with Crippen molar-refractivity contribution < 1.29 is 23.4 Å². The standard InChI is InChI=1S/C17H16F3N5O2/c1-9-3-4-10(17(27,15(18)19)16(20)26)7-11(9)12-8-22-13(21)14(24-12)25-6-2-5-23-25/h2-8,15-16,26-27H,1H3,(H2,21,22). The van der Waals surface area contributed by atoms with E-state index in [2.05, 4.69) is 15.1 Å². The van der Waals surface area contributed by atoms with Gasteiger partial charge < -0.3 is 15.9 Å². The van der Waals surface area contributed by atoms with Crippen LogP contribution in [0.25, 0.3) is 17.1 Å². The van der Waals surface area contributed by atoms with E-state index in [-0.39, 0.29) is 17.3 Å². The number of anilines is 1. The first-order chi connectivity index (χ1) is 12.7. The van der Waals surface area contributed by atoms with Gasteiger partial charge in [0.25, 0.3) is 6.43 Å². The Morgan fingerprint density at radius 1 is 1.26 bits per heavy atom. The van der Waals surface area contributed by atoms with Gasteiger partial charge in [-0.15, -0.1) is 0 Å². The van der Waals surface area contributed by atoms with Crippen molar-refractivity contribution in [3.63, 3.8) is 0 Å². The van der Waals surface area contributed by atoms with Crippen LogP contribution in [0.5, 0.6) is 0 Å². The molecule has 0 saturated carbocycles. The van der Waals surface area contributed by atoms with E-state index < -0.39 is 23.9 Å². The minimum absolute atomic E-state index is 0.0968. The molecule has 4 N–H and O–H groups in total. The minimum Gasteiger partial charge on any atom is -0.381 e. The van der Waals surface area contributed by atoms with E-state index in [0.717, 1.165) is 12.1 Å². The lowest BCUT2D eigenvalue weighted by molar-refractivity contribution is -0.211. The Hall–Kier alpha value is -2.98. The van der Waals surface area contributed by atoms with Crippen LogP contribution in [-0.4, -0.2) is 42.7 Å². The monoisotopic (exact) mass is 379 g/mol. The third kappa shape index (κ3) is 3.24. The number of nitrogens with two attached hydrogens (primary N) is 1. The molecular weight excluding hydrogens is 363 g/mol. The van der Waals surface area contributed by atoms with E-state index in [4.69, 9.17) is 10.8 Å². The highest BCUT2D eigenvalue weighted by molar-refractivity contribution is 5.66. The Bertz CT molecular complexity index is 940. The summed E-state index contributed by atoms with van der Waals surface area (Å²) in [6, 6.07) is 5.32. The van der Waals surface area contributed by atoms with Gasteiger partial charge in [0.1, 0.15) is 0 Å². The van der Waals surface area contributed by atoms with Crippen LogP contribution < -0.4 is 5.73 Å². The van der Waals surface area contributed by atoms with Gasteiger partial charge in [0.05, 0.1) is 11.9 Å². The second kappa shape index (κ2) is 6.97. The summed E-state index contributed by atoms with van der Waals surface area (Å²) in [5.41, 5.74) is 3.13. The summed E-state index contributed by atoms with van der Waals surface area (Å²) in [7, 11) is 0. The van der Waals surface area contributed by atoms with Gasteiger partial charge >= 0.3 is 0 Å². The zero-order valence-corrected chi connectivity index (χ0v) is 14.1. The van der Waals surface area contributed by atoms with Crippen LogP contribution in [-0.2, 0) is 5.60 Å². The van der Waals surface area contributed by atoms with E-state index >= 15 is 0 Å². The predicted molar refractivity (Wildman–Crippen MR) is 90.8 cm³/mol. The van der Waals surface area contributed by atoms with Crippen LogP contribution in [0.1, 0.15) is 11.1 Å². The van der Waals surface area contributed by atoms with Gasteiger partial charge in [-0.3, -0.25) is 0 Å². The summed E-state index contributed by atoms with van der Waals surface area (Å²) in [4.78, 5) is 8.38. The highest BCUT2D eigenvalue weighted by Gasteiger charge is 2.47. The number of benzene rings is 1. The number of hydrogen-bond acceptors (Lipinski definition) is 6. The van der Waals surface area contributed by atoms with E-state index in [0.29, 0.717) is 11.1 Å². The van der Waals surface area contributed by atoms with Crippen molar-refractivity contribution in [2.24, 2.45) is 0 Å². The average molecular weight is 379 g/mol. The topological polar surface area (TPSA) is 110 Å². The van der Waals surface area contributed by atoms with Crippen molar-refractivity contribution in [1.29, 1.82) is 0 Å². The molecule has 3 rings (SSSR count). The number of alkyl halides is 3. The molecule has 0 saturated heterocycles. The Morgan fingerprint density at radius 2 is 2.00 bits per heavy atom. The van der Waals surface area contributed by atoms with Crippen LogP contribution in [0, 0.1) is 6.92 Å². The van der Waals surface area contributed by atoms with Crippen molar-refractivity contribution >= 4 is 5.82 Å². The molecule has 0 aliphatic rings. The van der Waals surface area contributed by atoms with E-state index in [9.17, 15) is 18.3 Å². The third-order valence-electron chi connectivity index (χ3n) is 4.17. The lowest BCUT2D eigenvalue weighted by Gasteiger charge is -2.28. The van der Waals surface area contributed by atoms with Crippen molar-refractivity contribution in [2.75, 3.05) is 5.73 Å². The van der Waals surface area contributed by atoms with Gasteiger partial charge in [-0.25, -0.2) is 27.8 Å². The molecule has 2 aromatic heterocycles. The molecule has 2 atom stereocenters. The van der Waals surface area contributed by atoms with Crippen molar-refractivity contribution in [1.82, 2.24) is 19.7 Å². The number of rotatable bonds is 5. The van der Waals surface area contributed by atoms with Crippen LogP contribution in [0.2, 0.25) is 0 Å². The molecule has 10 heteroatoms. The first kappa shape index (κ1) is 18.8. The summed E-state index contributed by atoms with van der Waals surface area (Å²) >= 11 is 0. The number of aliphatic hydroxyl groups excluding tert-OH is 1. The summed E-state index contributed by atoms with van der Waals surface area (Å²) in [5, 5.41) is 23.1. The molecular formula is C17H16F3N5O2. The highest BCUT2D eigenvalue weighted by atomic mass is 19.3. The molecule has 0 amide bonds.